The highest BCUT2D eigenvalue weighted by atomic mass is 16.1. The number of anilines is 1. The molecule has 2 atom stereocenters. The van der Waals surface area contributed by atoms with Crippen molar-refractivity contribution < 1.29 is 4.79 Å². The van der Waals surface area contributed by atoms with Gasteiger partial charge in [-0.25, -0.2) is 0 Å². The van der Waals surface area contributed by atoms with Gasteiger partial charge in [-0.05, 0) is 6.92 Å². The van der Waals surface area contributed by atoms with E-state index in [2.05, 4.69) is 15.5 Å². The molecule has 2 unspecified atom stereocenters. The van der Waals surface area contributed by atoms with Crippen molar-refractivity contribution in [1.82, 2.24) is 10.2 Å². The maximum atomic E-state index is 11.4. The van der Waals surface area contributed by atoms with E-state index in [4.69, 9.17) is 5.73 Å². The van der Waals surface area contributed by atoms with Crippen LogP contribution >= 0.6 is 0 Å². The molecule has 1 aromatic rings. The summed E-state index contributed by atoms with van der Waals surface area (Å²) in [6.07, 6.45) is 3.16. The van der Waals surface area contributed by atoms with E-state index in [1.165, 1.54) is 0 Å². The van der Waals surface area contributed by atoms with Gasteiger partial charge in [-0.1, -0.05) is 6.92 Å². The molecule has 0 fully saturated rings. The number of amides is 1. The molecule has 1 aromatic heterocycles. The average Bonchev–Trinajstić information content (AvgIpc) is 2.55. The fourth-order valence-electron chi connectivity index (χ4n) is 0.814. The van der Waals surface area contributed by atoms with E-state index in [0.717, 1.165) is 0 Å². The Morgan fingerprint density at radius 3 is 2.85 bits per heavy atom. The van der Waals surface area contributed by atoms with Crippen LogP contribution in [-0.4, -0.2) is 22.1 Å². The van der Waals surface area contributed by atoms with Crippen LogP contribution in [0.1, 0.15) is 13.8 Å². The zero-order valence-electron chi connectivity index (χ0n) is 7.74. The summed E-state index contributed by atoms with van der Waals surface area (Å²) in [7, 11) is 0. The van der Waals surface area contributed by atoms with Crippen molar-refractivity contribution in [2.75, 3.05) is 5.32 Å². The molecule has 0 aliphatic rings. The second-order valence-corrected chi connectivity index (χ2v) is 3.12. The predicted octanol–water partition coefficient (Wildman–Crippen LogP) is 0.331. The number of carbonyl (C=O) groups excluding carboxylic acids is 1. The molecule has 0 saturated carbocycles. The third kappa shape index (κ3) is 2.55. The molecule has 0 radical (unpaired) electrons. The molecule has 1 amide bonds. The van der Waals surface area contributed by atoms with Gasteiger partial charge in [0.1, 0.15) is 0 Å². The van der Waals surface area contributed by atoms with Gasteiger partial charge < -0.3 is 11.1 Å². The molecule has 0 saturated heterocycles. The van der Waals surface area contributed by atoms with E-state index in [9.17, 15) is 4.79 Å². The third-order valence-corrected chi connectivity index (χ3v) is 1.97. The molecule has 0 spiro atoms. The summed E-state index contributed by atoms with van der Waals surface area (Å²) in [4.78, 5) is 11.4. The highest BCUT2D eigenvalue weighted by Gasteiger charge is 2.16. The van der Waals surface area contributed by atoms with E-state index >= 15 is 0 Å². The van der Waals surface area contributed by atoms with Gasteiger partial charge in [-0.3, -0.25) is 9.89 Å². The lowest BCUT2D eigenvalue weighted by Crippen LogP contribution is -2.34. The number of carbonyl (C=O) groups is 1. The molecular formula is C8H14N4O. The molecule has 0 aliphatic heterocycles. The molecule has 13 heavy (non-hydrogen) atoms. The number of hydrogen-bond donors (Lipinski definition) is 3. The van der Waals surface area contributed by atoms with Crippen LogP contribution < -0.4 is 11.1 Å². The highest BCUT2D eigenvalue weighted by Crippen LogP contribution is 2.06. The minimum absolute atomic E-state index is 0.0867. The Bertz CT molecular complexity index is 268. The van der Waals surface area contributed by atoms with Gasteiger partial charge in [-0.15, -0.1) is 0 Å². The number of rotatable bonds is 3. The first-order valence-electron chi connectivity index (χ1n) is 4.16. The Morgan fingerprint density at radius 2 is 2.38 bits per heavy atom. The molecule has 1 rings (SSSR count). The Morgan fingerprint density at radius 1 is 1.69 bits per heavy atom. The van der Waals surface area contributed by atoms with Crippen LogP contribution in [0, 0.1) is 5.92 Å². The largest absolute Gasteiger partial charge is 0.327 e. The number of nitrogens with one attached hydrogen (secondary N) is 2. The van der Waals surface area contributed by atoms with Crippen molar-refractivity contribution >= 4 is 11.6 Å². The van der Waals surface area contributed by atoms with Crippen molar-refractivity contribution in [3.05, 3.63) is 12.4 Å². The maximum Gasteiger partial charge on any atom is 0.228 e. The second kappa shape index (κ2) is 4.04. The number of hydrogen-bond acceptors (Lipinski definition) is 3. The first kappa shape index (κ1) is 9.73. The van der Waals surface area contributed by atoms with Gasteiger partial charge in [0.15, 0.2) is 0 Å². The number of nitrogens with zero attached hydrogens (tertiary/aromatic N) is 1. The quantitative estimate of drug-likeness (QED) is 0.630. The lowest BCUT2D eigenvalue weighted by atomic mass is 10.0. The summed E-state index contributed by atoms with van der Waals surface area (Å²) in [5, 5.41) is 9.01. The van der Waals surface area contributed by atoms with Gasteiger partial charge in [0.25, 0.3) is 0 Å². The van der Waals surface area contributed by atoms with Gasteiger partial charge in [0, 0.05) is 12.2 Å². The smallest absolute Gasteiger partial charge is 0.228 e. The molecular weight excluding hydrogens is 168 g/mol. The van der Waals surface area contributed by atoms with E-state index in [1.807, 2.05) is 0 Å². The molecule has 0 bridgehead atoms. The number of aromatic amines is 1. The monoisotopic (exact) mass is 182 g/mol. The van der Waals surface area contributed by atoms with Gasteiger partial charge >= 0.3 is 0 Å². The lowest BCUT2D eigenvalue weighted by Gasteiger charge is -2.13. The van der Waals surface area contributed by atoms with Crippen LogP contribution in [0.15, 0.2) is 12.4 Å². The number of nitrogens with two attached hydrogens (primary N) is 1. The maximum absolute atomic E-state index is 11.4. The standard InChI is InChI=1S/C8H14N4O/c1-5(6(2)9)8(13)12-7-3-10-11-4-7/h3-6H,9H2,1-2H3,(H,10,11)(H,12,13). The lowest BCUT2D eigenvalue weighted by molar-refractivity contribution is -0.119. The minimum atomic E-state index is -0.199. The molecule has 5 heteroatoms. The topological polar surface area (TPSA) is 83.8 Å². The number of aromatic nitrogens is 2. The van der Waals surface area contributed by atoms with Gasteiger partial charge in [0.05, 0.1) is 17.8 Å². The predicted molar refractivity (Wildman–Crippen MR) is 50.0 cm³/mol. The fourth-order valence-corrected chi connectivity index (χ4v) is 0.814. The normalized spacial score (nSPS) is 15.0. The second-order valence-electron chi connectivity index (χ2n) is 3.12. The fraction of sp³-hybridized carbons (Fsp3) is 0.500. The number of H-pyrrole nitrogens is 1. The molecule has 4 N–H and O–H groups in total. The highest BCUT2D eigenvalue weighted by molar-refractivity contribution is 5.92. The van der Waals surface area contributed by atoms with Crippen molar-refractivity contribution in [3.8, 4) is 0 Å². The van der Waals surface area contributed by atoms with Crippen LogP contribution in [0.5, 0.6) is 0 Å². The van der Waals surface area contributed by atoms with Crippen LogP contribution in [0.25, 0.3) is 0 Å². The molecule has 0 aromatic carbocycles. The minimum Gasteiger partial charge on any atom is -0.327 e. The Labute approximate surface area is 76.7 Å². The van der Waals surface area contributed by atoms with Crippen LogP contribution in [0.3, 0.4) is 0 Å². The molecule has 1 heterocycles. The molecule has 5 nitrogen and oxygen atoms in total. The summed E-state index contributed by atoms with van der Waals surface area (Å²) < 4.78 is 0. The average molecular weight is 182 g/mol. The SMILES string of the molecule is CC(N)C(C)C(=O)Nc1cn[nH]c1. The molecule has 0 aliphatic carbocycles. The van der Waals surface area contributed by atoms with E-state index < -0.39 is 0 Å². The van der Waals surface area contributed by atoms with E-state index in [0.29, 0.717) is 5.69 Å². The zero-order chi connectivity index (χ0) is 9.84. The van der Waals surface area contributed by atoms with Crippen molar-refractivity contribution in [2.45, 2.75) is 19.9 Å². The van der Waals surface area contributed by atoms with Crippen LogP contribution in [0.2, 0.25) is 0 Å². The Hall–Kier alpha value is -1.36. The summed E-state index contributed by atoms with van der Waals surface area (Å²) >= 11 is 0. The van der Waals surface area contributed by atoms with Crippen molar-refractivity contribution in [1.29, 1.82) is 0 Å². The van der Waals surface area contributed by atoms with Gasteiger partial charge in [0.2, 0.25) is 5.91 Å². The van der Waals surface area contributed by atoms with Crippen molar-refractivity contribution in [3.63, 3.8) is 0 Å². The summed E-state index contributed by atoms with van der Waals surface area (Å²) in [5.41, 5.74) is 6.25. The first-order valence-corrected chi connectivity index (χ1v) is 4.16. The summed E-state index contributed by atoms with van der Waals surface area (Å²) in [6.45, 7) is 3.60. The zero-order valence-corrected chi connectivity index (χ0v) is 7.74. The van der Waals surface area contributed by atoms with Crippen LogP contribution in [0.4, 0.5) is 5.69 Å². The van der Waals surface area contributed by atoms with E-state index in [1.54, 1.807) is 26.2 Å². The van der Waals surface area contributed by atoms with Crippen molar-refractivity contribution in [2.24, 2.45) is 11.7 Å². The first-order chi connectivity index (χ1) is 6.11. The van der Waals surface area contributed by atoms with Gasteiger partial charge in [-0.2, -0.15) is 5.10 Å². The van der Waals surface area contributed by atoms with E-state index in [-0.39, 0.29) is 17.9 Å². The third-order valence-electron chi connectivity index (χ3n) is 1.97. The van der Waals surface area contributed by atoms with Crippen LogP contribution in [-0.2, 0) is 4.79 Å². The Kier molecular flexibility index (Phi) is 3.02. The molecule has 72 valence electrons. The summed E-state index contributed by atoms with van der Waals surface area (Å²) in [5.74, 6) is -0.286. The summed E-state index contributed by atoms with van der Waals surface area (Å²) in [6, 6.07) is -0.146. The Balaban J connectivity index is 2.51.